The van der Waals surface area contributed by atoms with Crippen LogP contribution in [0.2, 0.25) is 0 Å². The molecule has 1 unspecified atom stereocenters. The van der Waals surface area contributed by atoms with Crippen LogP contribution in [0.25, 0.3) is 0 Å². The Hall–Kier alpha value is -1.25. The highest BCUT2D eigenvalue weighted by atomic mass is 31.2. The molecular formula is C41H81NO8P+. The predicted octanol–water partition coefficient (Wildman–Crippen LogP) is 11.4. The Morgan fingerprint density at radius 2 is 1.00 bits per heavy atom. The summed E-state index contributed by atoms with van der Waals surface area (Å²) in [5.74, 6) is -0.811. The van der Waals surface area contributed by atoms with Gasteiger partial charge >= 0.3 is 19.8 Å². The number of ether oxygens (including phenoxy) is 2. The van der Waals surface area contributed by atoms with Crippen molar-refractivity contribution in [2.45, 2.75) is 193 Å². The topological polar surface area (TPSA) is 108 Å². The number of rotatable bonds is 38. The molecule has 0 amide bonds. The Labute approximate surface area is 314 Å². The van der Waals surface area contributed by atoms with Crippen molar-refractivity contribution in [3.63, 3.8) is 0 Å². The van der Waals surface area contributed by atoms with E-state index in [0.29, 0.717) is 17.4 Å². The van der Waals surface area contributed by atoms with E-state index in [2.05, 4.69) is 26.0 Å². The van der Waals surface area contributed by atoms with Crippen molar-refractivity contribution in [1.82, 2.24) is 0 Å². The molecule has 0 aromatic rings. The summed E-state index contributed by atoms with van der Waals surface area (Å²) in [6, 6.07) is 0. The SMILES string of the molecule is CCCCCCCCCC/C=C/CCCCCC(=O)OC[C@H](COP(=O)(O)OCC[N+](C)(C)C)OC(=O)CCCCCCCCCCCCCC. The molecule has 0 aromatic carbocycles. The maximum atomic E-state index is 12.6. The van der Waals surface area contributed by atoms with Crippen molar-refractivity contribution >= 4 is 19.8 Å². The molecule has 0 heterocycles. The average Bonchev–Trinajstić information content (AvgIpc) is 3.07. The van der Waals surface area contributed by atoms with Crippen LogP contribution in [-0.2, 0) is 32.7 Å². The van der Waals surface area contributed by atoms with Gasteiger partial charge in [0.25, 0.3) is 0 Å². The molecule has 0 aliphatic rings. The van der Waals surface area contributed by atoms with Gasteiger partial charge in [-0.1, -0.05) is 148 Å². The van der Waals surface area contributed by atoms with Crippen LogP contribution in [-0.4, -0.2) is 74.9 Å². The molecule has 0 aliphatic carbocycles. The van der Waals surface area contributed by atoms with Crippen molar-refractivity contribution < 1.29 is 42.1 Å². The van der Waals surface area contributed by atoms with Crippen LogP contribution in [0.1, 0.15) is 187 Å². The lowest BCUT2D eigenvalue weighted by atomic mass is 10.0. The molecule has 0 aliphatic heterocycles. The number of phosphoric acid groups is 1. The van der Waals surface area contributed by atoms with E-state index >= 15 is 0 Å². The quantitative estimate of drug-likeness (QED) is 0.0219. The van der Waals surface area contributed by atoms with Crippen LogP contribution < -0.4 is 0 Å². The number of likely N-dealkylation sites (N-methyl/N-ethyl adjacent to an activating group) is 1. The Morgan fingerprint density at radius 1 is 0.588 bits per heavy atom. The first-order chi connectivity index (χ1) is 24.5. The van der Waals surface area contributed by atoms with Crippen LogP contribution >= 0.6 is 7.82 Å². The third-order valence-corrected chi connectivity index (χ3v) is 10.0. The molecule has 0 saturated heterocycles. The zero-order valence-corrected chi connectivity index (χ0v) is 34.7. The highest BCUT2D eigenvalue weighted by Gasteiger charge is 2.27. The molecule has 2 atom stereocenters. The molecule has 0 rings (SSSR count). The van der Waals surface area contributed by atoms with E-state index < -0.39 is 26.5 Å². The lowest BCUT2D eigenvalue weighted by molar-refractivity contribution is -0.870. The van der Waals surface area contributed by atoms with Crippen LogP contribution in [0.4, 0.5) is 0 Å². The number of carbonyl (C=O) groups excluding carboxylic acids is 2. The first kappa shape index (κ1) is 49.8. The van der Waals surface area contributed by atoms with Gasteiger partial charge in [-0.15, -0.1) is 0 Å². The molecule has 1 N–H and O–H groups in total. The molecule has 51 heavy (non-hydrogen) atoms. The minimum atomic E-state index is -4.37. The second-order valence-corrected chi connectivity index (χ2v) is 16.8. The zero-order chi connectivity index (χ0) is 37.9. The summed E-state index contributed by atoms with van der Waals surface area (Å²) in [6.07, 6.45) is 34.0. The fourth-order valence-corrected chi connectivity index (χ4v) is 6.46. The van der Waals surface area contributed by atoms with Gasteiger partial charge in [0.15, 0.2) is 6.10 Å². The molecular weight excluding hydrogens is 665 g/mol. The predicted molar refractivity (Wildman–Crippen MR) is 211 cm³/mol. The first-order valence-electron chi connectivity index (χ1n) is 20.9. The second kappa shape index (κ2) is 34.5. The Balaban J connectivity index is 4.39. The Morgan fingerprint density at radius 3 is 1.47 bits per heavy atom. The van der Waals surface area contributed by atoms with Crippen molar-refractivity contribution in [3.05, 3.63) is 12.2 Å². The molecule has 0 radical (unpaired) electrons. The van der Waals surface area contributed by atoms with Crippen molar-refractivity contribution in [1.29, 1.82) is 0 Å². The lowest BCUT2D eigenvalue weighted by Gasteiger charge is -2.24. The van der Waals surface area contributed by atoms with Gasteiger partial charge in [-0.25, -0.2) is 4.57 Å². The monoisotopic (exact) mass is 747 g/mol. The maximum absolute atomic E-state index is 12.6. The number of quaternary nitrogens is 1. The molecule has 0 aromatic heterocycles. The van der Waals surface area contributed by atoms with Gasteiger partial charge in [-0.3, -0.25) is 18.6 Å². The summed E-state index contributed by atoms with van der Waals surface area (Å²) in [4.78, 5) is 35.2. The molecule has 9 nitrogen and oxygen atoms in total. The summed E-state index contributed by atoms with van der Waals surface area (Å²) in [7, 11) is 1.48. The average molecular weight is 747 g/mol. The maximum Gasteiger partial charge on any atom is 0.472 e. The minimum absolute atomic E-state index is 0.0325. The fourth-order valence-electron chi connectivity index (χ4n) is 5.71. The summed E-state index contributed by atoms with van der Waals surface area (Å²) >= 11 is 0. The summed E-state index contributed by atoms with van der Waals surface area (Å²) in [5.41, 5.74) is 0. The van der Waals surface area contributed by atoms with Gasteiger partial charge in [-0.05, 0) is 38.5 Å². The van der Waals surface area contributed by atoms with Crippen LogP contribution in [0.3, 0.4) is 0 Å². The smallest absolute Gasteiger partial charge is 0.462 e. The third kappa shape index (κ3) is 38.3. The molecule has 0 fully saturated rings. The number of nitrogens with zero attached hydrogens (tertiary/aromatic N) is 1. The number of allylic oxidation sites excluding steroid dienone is 2. The van der Waals surface area contributed by atoms with Gasteiger partial charge in [0.2, 0.25) is 0 Å². The van der Waals surface area contributed by atoms with E-state index in [1.807, 2.05) is 21.1 Å². The summed E-state index contributed by atoms with van der Waals surface area (Å²) in [5, 5.41) is 0. The highest BCUT2D eigenvalue weighted by molar-refractivity contribution is 7.47. The van der Waals surface area contributed by atoms with Gasteiger partial charge in [-0.2, -0.15) is 0 Å². The molecule has 302 valence electrons. The normalized spacial score (nSPS) is 13.8. The summed E-state index contributed by atoms with van der Waals surface area (Å²) in [6.45, 7) is 4.41. The number of hydrogen-bond acceptors (Lipinski definition) is 7. The number of unbranched alkanes of at least 4 members (excludes halogenated alkanes) is 22. The molecule has 0 spiro atoms. The van der Waals surface area contributed by atoms with Crippen LogP contribution in [0.5, 0.6) is 0 Å². The molecule has 0 bridgehead atoms. The van der Waals surface area contributed by atoms with Gasteiger partial charge in [0, 0.05) is 12.8 Å². The third-order valence-electron chi connectivity index (χ3n) is 9.05. The van der Waals surface area contributed by atoms with E-state index in [9.17, 15) is 19.0 Å². The number of phosphoric ester groups is 1. The van der Waals surface area contributed by atoms with E-state index in [1.165, 1.54) is 109 Å². The molecule has 10 heteroatoms. The standard InChI is InChI=1S/C41H80NO8P/c1-6-8-10-12-14-16-18-20-21-22-24-25-27-29-31-33-40(43)47-37-39(38-49-51(45,46)48-36-35-42(3,4)5)50-41(44)34-32-30-28-26-23-19-17-15-13-11-9-7-2/h22,24,39H,6-21,23,25-38H2,1-5H3/p+1/b24-22+/t39-/m1/s1. The number of hydrogen-bond donors (Lipinski definition) is 1. The number of esters is 2. The lowest BCUT2D eigenvalue weighted by Crippen LogP contribution is -2.37. The highest BCUT2D eigenvalue weighted by Crippen LogP contribution is 2.43. The van der Waals surface area contributed by atoms with E-state index in [-0.39, 0.29) is 32.0 Å². The molecule has 0 saturated carbocycles. The Kier molecular flexibility index (Phi) is 33.7. The Bertz CT molecular complexity index is 891. The second-order valence-electron chi connectivity index (χ2n) is 15.4. The number of carbonyl (C=O) groups is 2. The van der Waals surface area contributed by atoms with Gasteiger partial charge in [0.05, 0.1) is 27.7 Å². The van der Waals surface area contributed by atoms with Crippen LogP contribution in [0, 0.1) is 0 Å². The van der Waals surface area contributed by atoms with Gasteiger partial charge < -0.3 is 18.9 Å². The summed E-state index contributed by atoms with van der Waals surface area (Å²) < 4.78 is 34.2. The van der Waals surface area contributed by atoms with Crippen molar-refractivity contribution in [3.8, 4) is 0 Å². The van der Waals surface area contributed by atoms with Crippen molar-refractivity contribution in [2.24, 2.45) is 0 Å². The van der Waals surface area contributed by atoms with E-state index in [1.54, 1.807) is 0 Å². The van der Waals surface area contributed by atoms with E-state index in [0.717, 1.165) is 44.9 Å². The fraction of sp³-hybridized carbons (Fsp3) is 0.902. The van der Waals surface area contributed by atoms with E-state index in [4.69, 9.17) is 18.5 Å². The first-order valence-corrected chi connectivity index (χ1v) is 22.4. The van der Waals surface area contributed by atoms with Crippen LogP contribution in [0.15, 0.2) is 12.2 Å². The largest absolute Gasteiger partial charge is 0.472 e. The zero-order valence-electron chi connectivity index (χ0n) is 33.9. The minimum Gasteiger partial charge on any atom is -0.462 e. The van der Waals surface area contributed by atoms with Gasteiger partial charge in [0.1, 0.15) is 19.8 Å². The van der Waals surface area contributed by atoms with Crippen molar-refractivity contribution in [2.75, 3.05) is 47.5 Å².